The normalized spacial score (nSPS) is 24.2. The lowest BCUT2D eigenvalue weighted by Crippen LogP contribution is -2.38. The number of hydrogen-bond acceptors (Lipinski definition) is 4. The van der Waals surface area contributed by atoms with E-state index in [-0.39, 0.29) is 18.9 Å². The molecule has 2 aromatic rings. The van der Waals surface area contributed by atoms with Crippen LogP contribution in [0.1, 0.15) is 23.5 Å². The van der Waals surface area contributed by atoms with Crippen LogP contribution in [0.2, 0.25) is 0 Å². The fraction of sp³-hybridized carbons (Fsp3) is 0.346. The van der Waals surface area contributed by atoms with Crippen LogP contribution in [-0.2, 0) is 14.3 Å². The predicted molar refractivity (Wildman–Crippen MR) is 122 cm³/mol. The van der Waals surface area contributed by atoms with Gasteiger partial charge < -0.3 is 20.1 Å². The number of alkyl halides is 2. The number of alkyl carbamates (subject to hydrolysis) is 1. The van der Waals surface area contributed by atoms with Gasteiger partial charge in [-0.15, -0.1) is 0 Å². The molecule has 9 heteroatoms. The van der Waals surface area contributed by atoms with Crippen LogP contribution in [0.5, 0.6) is 0 Å². The topological polar surface area (TPSA) is 95.9 Å². The number of rotatable bonds is 5. The molecule has 0 aromatic heterocycles. The summed E-state index contributed by atoms with van der Waals surface area (Å²) in [6.45, 7) is -1.30. The molecule has 2 aromatic carbocycles. The van der Waals surface area contributed by atoms with Crippen molar-refractivity contribution in [2.45, 2.75) is 24.3 Å². The highest BCUT2D eigenvalue weighted by molar-refractivity contribution is 5.84. The van der Waals surface area contributed by atoms with E-state index < -0.39 is 54.9 Å². The first-order valence-corrected chi connectivity index (χ1v) is 11.4. The molecule has 7 nitrogen and oxygen atoms in total. The standard InChI is InChI=1S/C26H24F2N2O5/c27-26(28)14-30(12-22(26)24(32)33)23(31)15-9-10-16(11-15)29-25(34)35-13-21-19-7-3-1-5-17(19)18-6-2-4-8-20(18)21/h1-10,15-16,21-22H,11-14H2,(H,29,34)(H,32,33). The molecule has 1 saturated heterocycles. The lowest BCUT2D eigenvalue weighted by Gasteiger charge is -2.20. The van der Waals surface area contributed by atoms with E-state index in [2.05, 4.69) is 5.32 Å². The van der Waals surface area contributed by atoms with Gasteiger partial charge in [0.25, 0.3) is 5.92 Å². The molecule has 0 bridgehead atoms. The maximum Gasteiger partial charge on any atom is 0.407 e. The summed E-state index contributed by atoms with van der Waals surface area (Å²) in [7, 11) is 0. The van der Waals surface area contributed by atoms with Crippen molar-refractivity contribution >= 4 is 18.0 Å². The van der Waals surface area contributed by atoms with Gasteiger partial charge in [0.15, 0.2) is 0 Å². The first kappa shape index (κ1) is 23.0. The van der Waals surface area contributed by atoms with E-state index >= 15 is 0 Å². The Balaban J connectivity index is 1.15. The van der Waals surface area contributed by atoms with Crippen LogP contribution in [0, 0.1) is 11.8 Å². The molecule has 0 saturated carbocycles. The van der Waals surface area contributed by atoms with Crippen molar-refractivity contribution in [1.82, 2.24) is 10.2 Å². The lowest BCUT2D eigenvalue weighted by atomic mass is 9.98. The van der Waals surface area contributed by atoms with Crippen LogP contribution in [0.25, 0.3) is 11.1 Å². The Morgan fingerprint density at radius 3 is 2.26 bits per heavy atom. The van der Waals surface area contributed by atoms with Gasteiger partial charge in [-0.3, -0.25) is 9.59 Å². The van der Waals surface area contributed by atoms with Crippen molar-refractivity contribution in [1.29, 1.82) is 0 Å². The van der Waals surface area contributed by atoms with Gasteiger partial charge in [0, 0.05) is 12.5 Å². The number of benzene rings is 2. The van der Waals surface area contributed by atoms with Crippen molar-refractivity contribution in [3.63, 3.8) is 0 Å². The Bertz CT molecular complexity index is 1170. The Labute approximate surface area is 200 Å². The highest BCUT2D eigenvalue weighted by atomic mass is 19.3. The molecule has 3 unspecified atom stereocenters. The van der Waals surface area contributed by atoms with Gasteiger partial charge in [0.2, 0.25) is 5.91 Å². The molecule has 5 rings (SSSR count). The minimum Gasteiger partial charge on any atom is -0.481 e. The third-order valence-electron chi connectivity index (χ3n) is 6.97. The molecule has 0 spiro atoms. The molecule has 182 valence electrons. The molecule has 1 aliphatic heterocycles. The summed E-state index contributed by atoms with van der Waals surface area (Å²) in [5, 5.41) is 11.7. The minimum atomic E-state index is -3.47. The summed E-state index contributed by atoms with van der Waals surface area (Å²) in [5.41, 5.74) is 4.43. The number of carbonyl (C=O) groups excluding carboxylic acids is 2. The number of ether oxygens (including phenoxy) is 1. The number of carbonyl (C=O) groups is 3. The molecule has 0 radical (unpaired) electrons. The number of fused-ring (bicyclic) bond motifs is 3. The van der Waals surface area contributed by atoms with Crippen molar-refractivity contribution in [2.75, 3.05) is 19.7 Å². The Hall–Kier alpha value is -3.75. The number of carboxylic acid groups (broad SMARTS) is 1. The van der Waals surface area contributed by atoms with Gasteiger partial charge in [-0.2, -0.15) is 0 Å². The van der Waals surface area contributed by atoms with Crippen molar-refractivity contribution in [3.8, 4) is 11.1 Å². The molecular formula is C26H24F2N2O5. The van der Waals surface area contributed by atoms with Gasteiger partial charge in [0.1, 0.15) is 12.5 Å². The number of hydrogen-bond donors (Lipinski definition) is 2. The zero-order valence-corrected chi connectivity index (χ0v) is 18.7. The monoisotopic (exact) mass is 482 g/mol. The van der Waals surface area contributed by atoms with Gasteiger partial charge in [0.05, 0.1) is 18.5 Å². The molecule has 1 fully saturated rings. The molecular weight excluding hydrogens is 458 g/mol. The number of likely N-dealkylation sites (tertiary alicyclic amines) is 1. The van der Waals surface area contributed by atoms with Crippen LogP contribution in [0.3, 0.4) is 0 Å². The fourth-order valence-electron chi connectivity index (χ4n) is 5.22. The number of nitrogens with zero attached hydrogens (tertiary/aromatic N) is 1. The lowest BCUT2D eigenvalue weighted by molar-refractivity contribution is -0.151. The Morgan fingerprint density at radius 2 is 1.66 bits per heavy atom. The van der Waals surface area contributed by atoms with Crippen molar-refractivity contribution in [2.24, 2.45) is 11.8 Å². The number of aliphatic carboxylic acids is 1. The summed E-state index contributed by atoms with van der Waals surface area (Å²) >= 11 is 0. The Morgan fingerprint density at radius 1 is 1.03 bits per heavy atom. The molecule has 2 aliphatic carbocycles. The van der Waals surface area contributed by atoms with Gasteiger partial charge in [-0.05, 0) is 28.7 Å². The van der Waals surface area contributed by atoms with Crippen molar-refractivity contribution in [3.05, 3.63) is 71.8 Å². The quantitative estimate of drug-likeness (QED) is 0.635. The molecule has 3 atom stereocenters. The first-order chi connectivity index (χ1) is 16.7. The van der Waals surface area contributed by atoms with E-state index in [1.165, 1.54) is 0 Å². The van der Waals surface area contributed by atoms with E-state index in [1.54, 1.807) is 12.2 Å². The Kier molecular flexibility index (Phi) is 5.78. The zero-order valence-electron chi connectivity index (χ0n) is 18.7. The van der Waals surface area contributed by atoms with Crippen LogP contribution in [-0.4, -0.2) is 59.6 Å². The van der Waals surface area contributed by atoms with Crippen LogP contribution in [0.15, 0.2) is 60.7 Å². The predicted octanol–water partition coefficient (Wildman–Crippen LogP) is 3.65. The number of amides is 2. The highest BCUT2D eigenvalue weighted by Gasteiger charge is 2.54. The van der Waals surface area contributed by atoms with Crippen LogP contribution >= 0.6 is 0 Å². The van der Waals surface area contributed by atoms with E-state index in [9.17, 15) is 23.2 Å². The molecule has 2 amide bonds. The summed E-state index contributed by atoms with van der Waals surface area (Å²) in [6.07, 6.45) is 2.76. The van der Waals surface area contributed by atoms with E-state index in [1.807, 2.05) is 48.5 Å². The van der Waals surface area contributed by atoms with Gasteiger partial charge >= 0.3 is 12.1 Å². The summed E-state index contributed by atoms with van der Waals surface area (Å²) in [5.74, 6) is -8.36. The summed E-state index contributed by atoms with van der Waals surface area (Å²) in [6, 6.07) is 15.5. The largest absolute Gasteiger partial charge is 0.481 e. The second kappa shape index (κ2) is 8.79. The molecule has 1 heterocycles. The average molecular weight is 482 g/mol. The maximum atomic E-state index is 13.9. The van der Waals surface area contributed by atoms with E-state index in [4.69, 9.17) is 9.84 Å². The average Bonchev–Trinajstić information content (AvgIpc) is 3.51. The van der Waals surface area contributed by atoms with Crippen LogP contribution in [0.4, 0.5) is 13.6 Å². The van der Waals surface area contributed by atoms with Crippen LogP contribution < -0.4 is 5.32 Å². The minimum absolute atomic E-state index is 0.0828. The third kappa shape index (κ3) is 4.26. The molecule has 2 N–H and O–H groups in total. The third-order valence-corrected chi connectivity index (χ3v) is 6.97. The number of carboxylic acids is 1. The SMILES string of the molecule is O=C(NC1C=CC(C(=O)N2CC(C(=O)O)C(F)(F)C2)C1)OCC1c2ccccc2-c2ccccc21. The molecule has 3 aliphatic rings. The highest BCUT2D eigenvalue weighted by Crippen LogP contribution is 2.44. The zero-order chi connectivity index (χ0) is 24.7. The van der Waals surface area contributed by atoms with Gasteiger partial charge in [-0.25, -0.2) is 13.6 Å². The van der Waals surface area contributed by atoms with Gasteiger partial charge in [-0.1, -0.05) is 60.7 Å². The van der Waals surface area contributed by atoms with E-state index in [0.29, 0.717) is 0 Å². The number of halogens is 2. The van der Waals surface area contributed by atoms with Crippen molar-refractivity contribution < 1.29 is 33.0 Å². The summed E-state index contributed by atoms with van der Waals surface area (Å²) in [4.78, 5) is 37.1. The second-order valence-electron chi connectivity index (χ2n) is 9.17. The fourth-order valence-corrected chi connectivity index (χ4v) is 5.22. The smallest absolute Gasteiger partial charge is 0.407 e. The first-order valence-electron chi connectivity index (χ1n) is 11.4. The maximum absolute atomic E-state index is 13.9. The molecule has 35 heavy (non-hydrogen) atoms. The number of nitrogens with one attached hydrogen (secondary N) is 1. The van der Waals surface area contributed by atoms with E-state index in [0.717, 1.165) is 27.2 Å². The summed E-state index contributed by atoms with van der Waals surface area (Å²) < 4.78 is 33.4. The second-order valence-corrected chi connectivity index (χ2v) is 9.17.